The first-order chi connectivity index (χ1) is 15.6. The molecule has 7 nitrogen and oxygen atoms in total. The first kappa shape index (κ1) is 22.4. The molecule has 1 saturated heterocycles. The van der Waals surface area contributed by atoms with E-state index in [0.717, 1.165) is 55.9 Å². The third-order valence-corrected chi connectivity index (χ3v) is 6.65. The SMILES string of the molecule is CCn1c(C)nnc1SCC(=O)Nc1ccc(N2CCN(Cc3ccccc3)CC2)cc1. The number of carbonyl (C=O) groups is 1. The van der Waals surface area contributed by atoms with Crippen LogP contribution in [0.15, 0.2) is 59.8 Å². The molecule has 0 unspecified atom stereocenters. The van der Waals surface area contributed by atoms with Crippen molar-refractivity contribution in [1.29, 1.82) is 0 Å². The number of carbonyl (C=O) groups excluding carboxylic acids is 1. The van der Waals surface area contributed by atoms with E-state index in [0.29, 0.717) is 5.75 Å². The van der Waals surface area contributed by atoms with Gasteiger partial charge in [0.15, 0.2) is 5.16 Å². The number of thioether (sulfide) groups is 1. The van der Waals surface area contributed by atoms with Crippen LogP contribution in [0.25, 0.3) is 0 Å². The molecule has 32 heavy (non-hydrogen) atoms. The van der Waals surface area contributed by atoms with Gasteiger partial charge in [-0.3, -0.25) is 9.69 Å². The average Bonchev–Trinajstić information content (AvgIpc) is 3.19. The Kier molecular flexibility index (Phi) is 7.44. The van der Waals surface area contributed by atoms with Gasteiger partial charge in [-0.25, -0.2) is 0 Å². The van der Waals surface area contributed by atoms with E-state index in [1.54, 1.807) is 0 Å². The molecular formula is C24H30N6OS. The van der Waals surface area contributed by atoms with Crippen LogP contribution in [0.2, 0.25) is 0 Å². The van der Waals surface area contributed by atoms with Crippen LogP contribution in [-0.2, 0) is 17.9 Å². The monoisotopic (exact) mass is 450 g/mol. The highest BCUT2D eigenvalue weighted by atomic mass is 32.2. The first-order valence-corrected chi connectivity index (χ1v) is 12.0. The van der Waals surface area contributed by atoms with E-state index in [-0.39, 0.29) is 5.91 Å². The van der Waals surface area contributed by atoms with Crippen LogP contribution in [0.3, 0.4) is 0 Å². The van der Waals surface area contributed by atoms with Crippen LogP contribution in [0.4, 0.5) is 11.4 Å². The van der Waals surface area contributed by atoms with Gasteiger partial charge in [-0.1, -0.05) is 42.1 Å². The van der Waals surface area contributed by atoms with Gasteiger partial charge in [-0.15, -0.1) is 10.2 Å². The van der Waals surface area contributed by atoms with E-state index >= 15 is 0 Å². The summed E-state index contributed by atoms with van der Waals surface area (Å²) in [7, 11) is 0. The van der Waals surface area contributed by atoms with Crippen molar-refractivity contribution in [3.8, 4) is 0 Å². The molecule has 0 spiro atoms. The molecule has 3 aromatic rings. The molecule has 0 atom stereocenters. The zero-order valence-electron chi connectivity index (χ0n) is 18.7. The molecule has 1 aromatic heterocycles. The Morgan fingerprint density at radius 2 is 1.72 bits per heavy atom. The van der Waals surface area contributed by atoms with Gasteiger partial charge in [0.1, 0.15) is 5.82 Å². The smallest absolute Gasteiger partial charge is 0.234 e. The lowest BCUT2D eigenvalue weighted by molar-refractivity contribution is -0.113. The van der Waals surface area contributed by atoms with Crippen molar-refractivity contribution in [2.45, 2.75) is 32.1 Å². The molecule has 1 aliphatic heterocycles. The van der Waals surface area contributed by atoms with Crippen molar-refractivity contribution in [2.75, 3.05) is 42.1 Å². The minimum Gasteiger partial charge on any atom is -0.369 e. The van der Waals surface area contributed by atoms with Crippen molar-refractivity contribution in [2.24, 2.45) is 0 Å². The van der Waals surface area contributed by atoms with Crippen LogP contribution in [0, 0.1) is 6.92 Å². The molecule has 1 fully saturated rings. The lowest BCUT2D eigenvalue weighted by Gasteiger charge is -2.36. The lowest BCUT2D eigenvalue weighted by atomic mass is 10.2. The van der Waals surface area contributed by atoms with Crippen molar-refractivity contribution >= 4 is 29.0 Å². The Morgan fingerprint density at radius 1 is 1.00 bits per heavy atom. The summed E-state index contributed by atoms with van der Waals surface area (Å²) in [4.78, 5) is 17.3. The summed E-state index contributed by atoms with van der Waals surface area (Å²) in [6, 6.07) is 18.8. The molecule has 4 rings (SSSR count). The van der Waals surface area contributed by atoms with Crippen molar-refractivity contribution < 1.29 is 4.79 Å². The Morgan fingerprint density at radius 3 is 2.41 bits per heavy atom. The Labute approximate surface area is 193 Å². The summed E-state index contributed by atoms with van der Waals surface area (Å²) >= 11 is 1.41. The van der Waals surface area contributed by atoms with Crippen LogP contribution in [0.5, 0.6) is 0 Å². The molecule has 0 radical (unpaired) electrons. The number of benzene rings is 2. The van der Waals surface area contributed by atoms with E-state index in [2.05, 4.69) is 67.8 Å². The number of anilines is 2. The number of aryl methyl sites for hydroxylation is 1. The fraction of sp³-hybridized carbons (Fsp3) is 0.375. The molecule has 1 N–H and O–H groups in total. The molecule has 2 aromatic carbocycles. The Hall–Kier alpha value is -2.84. The third kappa shape index (κ3) is 5.69. The summed E-state index contributed by atoms with van der Waals surface area (Å²) in [5.74, 6) is 1.14. The maximum atomic E-state index is 12.4. The van der Waals surface area contributed by atoms with E-state index in [1.807, 2.05) is 30.5 Å². The standard InChI is InChI=1S/C24H30N6OS/c1-3-30-19(2)26-27-24(30)32-18-23(31)25-21-9-11-22(12-10-21)29-15-13-28(14-16-29)17-20-7-5-4-6-8-20/h4-12H,3,13-18H2,1-2H3,(H,25,31). The quantitative estimate of drug-likeness (QED) is 0.529. The second kappa shape index (κ2) is 10.7. The number of nitrogens with zero attached hydrogens (tertiary/aromatic N) is 5. The van der Waals surface area contributed by atoms with Gasteiger partial charge in [0.2, 0.25) is 5.91 Å². The molecule has 1 amide bonds. The molecular weight excluding hydrogens is 420 g/mol. The zero-order chi connectivity index (χ0) is 22.3. The van der Waals surface area contributed by atoms with Gasteiger partial charge in [0.05, 0.1) is 5.75 Å². The van der Waals surface area contributed by atoms with Crippen molar-refractivity contribution in [3.05, 3.63) is 66.0 Å². The van der Waals surface area contributed by atoms with Gasteiger partial charge in [-0.05, 0) is 43.7 Å². The minimum absolute atomic E-state index is 0.0411. The highest BCUT2D eigenvalue weighted by Crippen LogP contribution is 2.21. The van der Waals surface area contributed by atoms with E-state index in [4.69, 9.17) is 0 Å². The number of hydrogen-bond donors (Lipinski definition) is 1. The average molecular weight is 451 g/mol. The zero-order valence-corrected chi connectivity index (χ0v) is 19.5. The summed E-state index contributed by atoms with van der Waals surface area (Å²) < 4.78 is 2.01. The number of nitrogens with one attached hydrogen (secondary N) is 1. The van der Waals surface area contributed by atoms with Crippen LogP contribution >= 0.6 is 11.8 Å². The number of hydrogen-bond acceptors (Lipinski definition) is 6. The van der Waals surface area contributed by atoms with Crippen molar-refractivity contribution in [1.82, 2.24) is 19.7 Å². The van der Waals surface area contributed by atoms with Gasteiger partial charge >= 0.3 is 0 Å². The third-order valence-electron chi connectivity index (χ3n) is 5.69. The maximum absolute atomic E-state index is 12.4. The fourth-order valence-electron chi connectivity index (χ4n) is 3.92. The molecule has 2 heterocycles. The molecule has 1 aliphatic rings. The molecule has 0 aliphatic carbocycles. The Balaban J connectivity index is 1.24. The normalized spacial score (nSPS) is 14.5. The first-order valence-electron chi connectivity index (χ1n) is 11.1. The summed E-state index contributed by atoms with van der Waals surface area (Å²) in [6.07, 6.45) is 0. The summed E-state index contributed by atoms with van der Waals surface area (Å²) in [5, 5.41) is 12.0. The van der Waals surface area contributed by atoms with Gasteiger partial charge in [0, 0.05) is 50.6 Å². The van der Waals surface area contributed by atoms with E-state index in [1.165, 1.54) is 23.0 Å². The van der Waals surface area contributed by atoms with E-state index in [9.17, 15) is 4.79 Å². The van der Waals surface area contributed by atoms with Crippen molar-refractivity contribution in [3.63, 3.8) is 0 Å². The summed E-state index contributed by atoms with van der Waals surface area (Å²) in [5.41, 5.74) is 3.38. The number of amides is 1. The van der Waals surface area contributed by atoms with Gasteiger partial charge in [-0.2, -0.15) is 0 Å². The lowest BCUT2D eigenvalue weighted by Crippen LogP contribution is -2.45. The van der Waals surface area contributed by atoms with Gasteiger partial charge in [0.25, 0.3) is 0 Å². The molecule has 0 bridgehead atoms. The fourth-order valence-corrected chi connectivity index (χ4v) is 4.77. The van der Waals surface area contributed by atoms with E-state index < -0.39 is 0 Å². The molecule has 168 valence electrons. The Bertz CT molecular complexity index is 1010. The topological polar surface area (TPSA) is 66.3 Å². The largest absolute Gasteiger partial charge is 0.369 e. The second-order valence-electron chi connectivity index (χ2n) is 7.91. The van der Waals surface area contributed by atoms with Crippen LogP contribution < -0.4 is 10.2 Å². The number of piperazine rings is 1. The number of rotatable bonds is 8. The second-order valence-corrected chi connectivity index (χ2v) is 8.85. The summed E-state index contributed by atoms with van der Waals surface area (Å²) in [6.45, 7) is 9.88. The molecule has 8 heteroatoms. The van der Waals surface area contributed by atoms with Crippen LogP contribution in [-0.4, -0.2) is 57.5 Å². The maximum Gasteiger partial charge on any atom is 0.234 e. The predicted molar refractivity (Wildman–Crippen MR) is 130 cm³/mol. The highest BCUT2D eigenvalue weighted by molar-refractivity contribution is 7.99. The predicted octanol–water partition coefficient (Wildman–Crippen LogP) is 3.66. The highest BCUT2D eigenvalue weighted by Gasteiger charge is 2.17. The van der Waals surface area contributed by atoms with Gasteiger partial charge < -0.3 is 14.8 Å². The number of aromatic nitrogens is 3. The van der Waals surface area contributed by atoms with Crippen LogP contribution in [0.1, 0.15) is 18.3 Å². The molecule has 0 saturated carbocycles. The minimum atomic E-state index is -0.0411.